The smallest absolute Gasteiger partial charge is 0.356 e. The summed E-state index contributed by atoms with van der Waals surface area (Å²) in [5.74, 6) is 0.407. The van der Waals surface area contributed by atoms with Crippen molar-refractivity contribution in [3.8, 4) is 0 Å². The lowest BCUT2D eigenvalue weighted by Gasteiger charge is -2.05. The first kappa shape index (κ1) is 9.96. The molecule has 1 aromatic rings. The van der Waals surface area contributed by atoms with Crippen molar-refractivity contribution in [3.05, 3.63) is 24.0 Å². The number of aromatic nitrogens is 1. The van der Waals surface area contributed by atoms with Gasteiger partial charge in [0.15, 0.2) is 0 Å². The number of carbonyl (C=O) groups is 1. The molecule has 1 N–H and O–H groups in total. The first-order chi connectivity index (χ1) is 7.29. The maximum absolute atomic E-state index is 11.2. The number of hydrogen-bond acceptors (Lipinski definition) is 4. The second kappa shape index (κ2) is 4.29. The number of esters is 1. The lowest BCUT2D eigenvalue weighted by Crippen LogP contribution is -2.07. The normalized spacial score (nSPS) is 14.7. The van der Waals surface area contributed by atoms with Gasteiger partial charge in [0.2, 0.25) is 0 Å². The topological polar surface area (TPSA) is 51.2 Å². The van der Waals surface area contributed by atoms with Gasteiger partial charge in [-0.25, -0.2) is 9.78 Å². The Labute approximate surface area is 88.7 Å². The zero-order valence-corrected chi connectivity index (χ0v) is 8.69. The zero-order valence-electron chi connectivity index (χ0n) is 8.69. The van der Waals surface area contributed by atoms with Crippen LogP contribution in [0.1, 0.15) is 23.3 Å². The predicted octanol–water partition coefficient (Wildman–Crippen LogP) is 1.69. The number of carbonyl (C=O) groups excluding carboxylic acids is 1. The van der Waals surface area contributed by atoms with Crippen LogP contribution >= 0.6 is 0 Å². The van der Waals surface area contributed by atoms with Gasteiger partial charge in [0.1, 0.15) is 5.69 Å². The third-order valence-corrected chi connectivity index (χ3v) is 2.45. The maximum atomic E-state index is 11.2. The molecule has 0 radical (unpaired) electrons. The lowest BCUT2D eigenvalue weighted by molar-refractivity contribution is 0.0594. The summed E-state index contributed by atoms with van der Waals surface area (Å²) in [6, 6.07) is 3.57. The van der Waals surface area contributed by atoms with Gasteiger partial charge in [0, 0.05) is 18.4 Å². The van der Waals surface area contributed by atoms with Crippen LogP contribution in [0.5, 0.6) is 0 Å². The molecule has 4 heteroatoms. The van der Waals surface area contributed by atoms with E-state index < -0.39 is 5.97 Å². The molecular formula is C11H14N2O2. The molecule has 1 aliphatic rings. The molecule has 0 bridgehead atoms. The van der Waals surface area contributed by atoms with Gasteiger partial charge in [-0.15, -0.1) is 0 Å². The van der Waals surface area contributed by atoms with Crippen LogP contribution in [0.15, 0.2) is 18.3 Å². The van der Waals surface area contributed by atoms with Crippen molar-refractivity contribution in [2.75, 3.05) is 19.0 Å². The Bertz CT molecular complexity index is 361. The minimum absolute atomic E-state index is 0.346. The SMILES string of the molecule is COC(=O)c1cc(NCC2CC2)ccn1. The summed E-state index contributed by atoms with van der Waals surface area (Å²) in [6.45, 7) is 0.977. The number of rotatable bonds is 4. The summed E-state index contributed by atoms with van der Waals surface area (Å²) in [5.41, 5.74) is 1.27. The molecule has 15 heavy (non-hydrogen) atoms. The van der Waals surface area contributed by atoms with Crippen molar-refractivity contribution in [3.63, 3.8) is 0 Å². The van der Waals surface area contributed by atoms with Crippen molar-refractivity contribution in [1.29, 1.82) is 0 Å². The van der Waals surface area contributed by atoms with Crippen LogP contribution < -0.4 is 5.32 Å². The van der Waals surface area contributed by atoms with Gasteiger partial charge in [-0.05, 0) is 30.9 Å². The fourth-order valence-electron chi connectivity index (χ4n) is 1.34. The Balaban J connectivity index is 2.00. The highest BCUT2D eigenvalue weighted by Crippen LogP contribution is 2.28. The Morgan fingerprint density at radius 2 is 2.47 bits per heavy atom. The van der Waals surface area contributed by atoms with Crippen LogP contribution in [-0.2, 0) is 4.74 Å². The Hall–Kier alpha value is -1.58. The summed E-state index contributed by atoms with van der Waals surface area (Å²) in [4.78, 5) is 15.1. The van der Waals surface area contributed by atoms with E-state index in [0.717, 1.165) is 18.2 Å². The Morgan fingerprint density at radius 3 is 3.13 bits per heavy atom. The average molecular weight is 206 g/mol. The molecule has 2 rings (SSSR count). The number of hydrogen-bond donors (Lipinski definition) is 1. The van der Waals surface area contributed by atoms with Crippen LogP contribution in [0.25, 0.3) is 0 Å². The van der Waals surface area contributed by atoms with E-state index in [9.17, 15) is 4.79 Å². The van der Waals surface area contributed by atoms with E-state index >= 15 is 0 Å². The standard InChI is InChI=1S/C11H14N2O2/c1-15-11(14)10-6-9(4-5-12-10)13-7-8-2-3-8/h4-6,8H,2-3,7H2,1H3,(H,12,13). The van der Waals surface area contributed by atoms with E-state index in [1.165, 1.54) is 20.0 Å². The molecule has 0 aromatic carbocycles. The quantitative estimate of drug-likeness (QED) is 0.762. The molecule has 0 saturated heterocycles. The number of pyridine rings is 1. The number of nitrogens with zero attached hydrogens (tertiary/aromatic N) is 1. The molecule has 0 atom stereocenters. The molecule has 80 valence electrons. The molecule has 0 amide bonds. The highest BCUT2D eigenvalue weighted by Gasteiger charge is 2.20. The number of anilines is 1. The largest absolute Gasteiger partial charge is 0.464 e. The van der Waals surface area contributed by atoms with Crippen LogP contribution in [0.4, 0.5) is 5.69 Å². The first-order valence-electron chi connectivity index (χ1n) is 5.08. The number of ether oxygens (including phenoxy) is 1. The minimum Gasteiger partial charge on any atom is -0.464 e. The van der Waals surface area contributed by atoms with E-state index in [4.69, 9.17) is 0 Å². The summed E-state index contributed by atoms with van der Waals surface area (Å²) in [6.07, 6.45) is 4.23. The lowest BCUT2D eigenvalue weighted by atomic mass is 10.3. The van der Waals surface area contributed by atoms with Gasteiger partial charge < -0.3 is 10.1 Å². The fourth-order valence-corrected chi connectivity index (χ4v) is 1.34. The molecule has 4 nitrogen and oxygen atoms in total. The highest BCUT2D eigenvalue weighted by atomic mass is 16.5. The van der Waals surface area contributed by atoms with Crippen LogP contribution in [0, 0.1) is 5.92 Å². The molecule has 0 aliphatic heterocycles. The molecule has 1 heterocycles. The van der Waals surface area contributed by atoms with E-state index in [0.29, 0.717) is 5.69 Å². The first-order valence-corrected chi connectivity index (χ1v) is 5.08. The molecule has 0 unspecified atom stereocenters. The zero-order chi connectivity index (χ0) is 10.7. The summed E-state index contributed by atoms with van der Waals surface area (Å²) < 4.78 is 4.60. The molecule has 1 aliphatic carbocycles. The van der Waals surface area contributed by atoms with Gasteiger partial charge in [-0.3, -0.25) is 0 Å². The number of methoxy groups -OCH3 is 1. The second-order valence-corrected chi connectivity index (χ2v) is 3.75. The Kier molecular flexibility index (Phi) is 2.85. The summed E-state index contributed by atoms with van der Waals surface area (Å²) >= 11 is 0. The Morgan fingerprint density at radius 1 is 1.67 bits per heavy atom. The molecule has 0 spiro atoms. The molecule has 1 saturated carbocycles. The third kappa shape index (κ3) is 2.68. The van der Waals surface area contributed by atoms with Gasteiger partial charge in [-0.2, -0.15) is 0 Å². The van der Waals surface area contributed by atoms with Crippen molar-refractivity contribution < 1.29 is 9.53 Å². The molecule has 1 aromatic heterocycles. The van der Waals surface area contributed by atoms with Crippen molar-refractivity contribution in [2.45, 2.75) is 12.8 Å². The van der Waals surface area contributed by atoms with E-state index in [1.54, 1.807) is 12.3 Å². The van der Waals surface area contributed by atoms with Crippen LogP contribution in [0.3, 0.4) is 0 Å². The second-order valence-electron chi connectivity index (χ2n) is 3.75. The minimum atomic E-state index is -0.398. The van der Waals surface area contributed by atoms with E-state index in [1.807, 2.05) is 6.07 Å². The third-order valence-electron chi connectivity index (χ3n) is 2.45. The number of nitrogens with one attached hydrogen (secondary N) is 1. The van der Waals surface area contributed by atoms with E-state index in [2.05, 4.69) is 15.0 Å². The monoisotopic (exact) mass is 206 g/mol. The average Bonchev–Trinajstić information content (AvgIpc) is 3.09. The van der Waals surface area contributed by atoms with Crippen molar-refractivity contribution in [2.24, 2.45) is 5.92 Å². The molecular weight excluding hydrogens is 192 g/mol. The van der Waals surface area contributed by atoms with Crippen molar-refractivity contribution >= 4 is 11.7 Å². The summed E-state index contributed by atoms with van der Waals surface area (Å²) in [5, 5.41) is 3.28. The van der Waals surface area contributed by atoms with Gasteiger partial charge in [-0.1, -0.05) is 0 Å². The fraction of sp³-hybridized carbons (Fsp3) is 0.455. The van der Waals surface area contributed by atoms with Crippen LogP contribution in [0.2, 0.25) is 0 Å². The maximum Gasteiger partial charge on any atom is 0.356 e. The predicted molar refractivity (Wildman–Crippen MR) is 56.8 cm³/mol. The summed E-state index contributed by atoms with van der Waals surface area (Å²) in [7, 11) is 1.36. The molecule has 1 fully saturated rings. The highest BCUT2D eigenvalue weighted by molar-refractivity contribution is 5.88. The van der Waals surface area contributed by atoms with Crippen LogP contribution in [-0.4, -0.2) is 24.6 Å². The van der Waals surface area contributed by atoms with E-state index in [-0.39, 0.29) is 0 Å². The van der Waals surface area contributed by atoms with Gasteiger partial charge >= 0.3 is 5.97 Å². The van der Waals surface area contributed by atoms with Gasteiger partial charge in [0.25, 0.3) is 0 Å². The van der Waals surface area contributed by atoms with Crippen molar-refractivity contribution in [1.82, 2.24) is 4.98 Å². The van der Waals surface area contributed by atoms with Gasteiger partial charge in [0.05, 0.1) is 7.11 Å².